The lowest BCUT2D eigenvalue weighted by Crippen LogP contribution is -2.24. The molecule has 1 aliphatic rings. The maximum Gasteiger partial charge on any atom is 0.120 e. The highest BCUT2D eigenvalue weighted by Gasteiger charge is 2.21. The van der Waals surface area contributed by atoms with Crippen molar-refractivity contribution in [3.63, 3.8) is 0 Å². The number of hydrogen-bond acceptors (Lipinski definition) is 2. The van der Waals surface area contributed by atoms with Crippen molar-refractivity contribution in [2.45, 2.75) is 19.3 Å². The average Bonchev–Trinajstić information content (AvgIpc) is 2.76. The molecule has 3 rings (SSSR count). The van der Waals surface area contributed by atoms with Crippen LogP contribution in [0.3, 0.4) is 0 Å². The van der Waals surface area contributed by atoms with Gasteiger partial charge >= 0.3 is 0 Å². The molecule has 1 aromatic carbocycles. The third-order valence-corrected chi connectivity index (χ3v) is 3.99. The van der Waals surface area contributed by atoms with Crippen molar-refractivity contribution in [1.29, 1.82) is 0 Å². The predicted molar refractivity (Wildman–Crippen MR) is 74.3 cm³/mol. The lowest BCUT2D eigenvalue weighted by molar-refractivity contribution is 0.415. The fraction of sp³-hybridized carbons (Fsp3) is 0.467. The minimum atomic E-state index is 0.767. The third kappa shape index (κ3) is 1.89. The van der Waals surface area contributed by atoms with Crippen molar-refractivity contribution in [2.75, 3.05) is 20.7 Å². The summed E-state index contributed by atoms with van der Waals surface area (Å²) in [6, 6.07) is 6.34. The number of aromatic amines is 1. The van der Waals surface area contributed by atoms with Crippen LogP contribution in [0.15, 0.2) is 18.2 Å². The molecule has 1 heterocycles. The zero-order valence-corrected chi connectivity index (χ0v) is 11.0. The predicted octanol–water partition coefficient (Wildman–Crippen LogP) is 2.50. The van der Waals surface area contributed by atoms with Gasteiger partial charge in [-0.3, -0.25) is 0 Å². The number of aryl methyl sites for hydroxylation is 1. The van der Waals surface area contributed by atoms with Crippen LogP contribution in [0.2, 0.25) is 0 Å². The van der Waals surface area contributed by atoms with Crippen LogP contribution in [-0.4, -0.2) is 25.7 Å². The molecule has 1 unspecified atom stereocenters. The Morgan fingerprint density at radius 1 is 1.44 bits per heavy atom. The first-order valence-corrected chi connectivity index (χ1v) is 6.64. The molecule has 0 spiro atoms. The standard InChI is InChI=1S/C15H20N2O/c1-16-9-10-3-6-14-13(7-10)12-5-4-11(18-2)8-15(12)17-14/h4-5,8,10,16-17H,3,6-7,9H2,1-2H3. The summed E-state index contributed by atoms with van der Waals surface area (Å²) in [5.74, 6) is 1.69. The second-order valence-electron chi connectivity index (χ2n) is 5.16. The summed E-state index contributed by atoms with van der Waals surface area (Å²) >= 11 is 0. The number of benzene rings is 1. The number of H-pyrrole nitrogens is 1. The average molecular weight is 244 g/mol. The number of aromatic nitrogens is 1. The number of rotatable bonds is 3. The summed E-state index contributed by atoms with van der Waals surface area (Å²) in [6.45, 7) is 1.11. The van der Waals surface area contributed by atoms with Crippen molar-refractivity contribution in [1.82, 2.24) is 10.3 Å². The van der Waals surface area contributed by atoms with Crippen LogP contribution in [0.25, 0.3) is 10.9 Å². The van der Waals surface area contributed by atoms with Crippen LogP contribution in [-0.2, 0) is 12.8 Å². The Labute approximate surface area is 108 Å². The monoisotopic (exact) mass is 244 g/mol. The van der Waals surface area contributed by atoms with Gasteiger partial charge in [0.15, 0.2) is 0 Å². The molecule has 1 aromatic heterocycles. The third-order valence-electron chi connectivity index (χ3n) is 3.99. The highest BCUT2D eigenvalue weighted by atomic mass is 16.5. The quantitative estimate of drug-likeness (QED) is 0.870. The molecule has 2 aromatic rings. The van der Waals surface area contributed by atoms with Crippen molar-refractivity contribution in [3.8, 4) is 5.75 Å². The van der Waals surface area contributed by atoms with Crippen LogP contribution in [0.1, 0.15) is 17.7 Å². The van der Waals surface area contributed by atoms with Crippen LogP contribution >= 0.6 is 0 Å². The van der Waals surface area contributed by atoms with E-state index in [1.807, 2.05) is 7.05 Å². The van der Waals surface area contributed by atoms with E-state index in [1.165, 1.54) is 41.4 Å². The van der Waals surface area contributed by atoms with E-state index >= 15 is 0 Å². The Kier molecular flexibility index (Phi) is 3.00. The van der Waals surface area contributed by atoms with Crippen molar-refractivity contribution >= 4 is 10.9 Å². The lowest BCUT2D eigenvalue weighted by Gasteiger charge is -2.22. The lowest BCUT2D eigenvalue weighted by atomic mass is 9.86. The molecular formula is C15H20N2O. The van der Waals surface area contributed by atoms with Gasteiger partial charge < -0.3 is 15.0 Å². The van der Waals surface area contributed by atoms with Gasteiger partial charge in [-0.2, -0.15) is 0 Å². The molecule has 1 atom stereocenters. The second kappa shape index (κ2) is 4.65. The maximum absolute atomic E-state index is 5.28. The first kappa shape index (κ1) is 11.6. The van der Waals surface area contributed by atoms with Crippen LogP contribution < -0.4 is 10.1 Å². The summed E-state index contributed by atoms with van der Waals surface area (Å²) in [6.07, 6.45) is 3.62. The number of methoxy groups -OCH3 is 1. The van der Waals surface area contributed by atoms with Gasteiger partial charge in [0.1, 0.15) is 5.75 Å². The molecule has 0 bridgehead atoms. The highest BCUT2D eigenvalue weighted by molar-refractivity contribution is 5.86. The molecule has 1 aliphatic carbocycles. The molecule has 0 amide bonds. The molecular weight excluding hydrogens is 224 g/mol. The van der Waals surface area contributed by atoms with Crippen molar-refractivity contribution < 1.29 is 4.74 Å². The van der Waals surface area contributed by atoms with E-state index in [2.05, 4.69) is 28.5 Å². The SMILES string of the molecule is CNCC1CCc2[nH]c3cc(OC)ccc3c2C1. The van der Waals surface area contributed by atoms with E-state index in [9.17, 15) is 0 Å². The number of nitrogens with one attached hydrogen (secondary N) is 2. The molecule has 96 valence electrons. The molecule has 18 heavy (non-hydrogen) atoms. The molecule has 3 nitrogen and oxygen atoms in total. The Bertz CT molecular complexity index is 559. The van der Waals surface area contributed by atoms with E-state index in [0.717, 1.165) is 18.2 Å². The van der Waals surface area contributed by atoms with Gasteiger partial charge in [0.2, 0.25) is 0 Å². The fourth-order valence-corrected chi connectivity index (χ4v) is 3.07. The van der Waals surface area contributed by atoms with Gasteiger partial charge in [0.05, 0.1) is 7.11 Å². The molecule has 0 aliphatic heterocycles. The molecule has 2 N–H and O–H groups in total. The number of fused-ring (bicyclic) bond motifs is 3. The summed E-state index contributed by atoms with van der Waals surface area (Å²) in [5.41, 5.74) is 4.15. The Morgan fingerprint density at radius 2 is 2.33 bits per heavy atom. The van der Waals surface area contributed by atoms with Crippen LogP contribution in [0, 0.1) is 5.92 Å². The Morgan fingerprint density at radius 3 is 3.11 bits per heavy atom. The molecule has 0 radical (unpaired) electrons. The molecule has 3 heteroatoms. The normalized spacial score (nSPS) is 18.9. The Hall–Kier alpha value is -1.48. The van der Waals surface area contributed by atoms with Gasteiger partial charge in [-0.1, -0.05) is 0 Å². The van der Waals surface area contributed by atoms with E-state index in [-0.39, 0.29) is 0 Å². The summed E-state index contributed by atoms with van der Waals surface area (Å²) in [5, 5.41) is 4.66. The largest absolute Gasteiger partial charge is 0.497 e. The minimum Gasteiger partial charge on any atom is -0.497 e. The van der Waals surface area contributed by atoms with E-state index in [1.54, 1.807) is 7.11 Å². The van der Waals surface area contributed by atoms with Crippen molar-refractivity contribution in [3.05, 3.63) is 29.5 Å². The molecule has 0 fully saturated rings. The second-order valence-corrected chi connectivity index (χ2v) is 5.16. The maximum atomic E-state index is 5.28. The number of hydrogen-bond donors (Lipinski definition) is 2. The summed E-state index contributed by atoms with van der Waals surface area (Å²) < 4.78 is 5.28. The summed E-state index contributed by atoms with van der Waals surface area (Å²) in [7, 11) is 3.75. The van der Waals surface area contributed by atoms with Gasteiger partial charge in [-0.25, -0.2) is 0 Å². The molecule has 0 saturated heterocycles. The van der Waals surface area contributed by atoms with Gasteiger partial charge in [0, 0.05) is 22.7 Å². The van der Waals surface area contributed by atoms with E-state index in [0.29, 0.717) is 0 Å². The van der Waals surface area contributed by atoms with E-state index < -0.39 is 0 Å². The van der Waals surface area contributed by atoms with Crippen molar-refractivity contribution in [2.24, 2.45) is 5.92 Å². The smallest absolute Gasteiger partial charge is 0.120 e. The highest BCUT2D eigenvalue weighted by Crippen LogP contribution is 2.33. The zero-order chi connectivity index (χ0) is 12.5. The van der Waals surface area contributed by atoms with Gasteiger partial charge in [-0.05, 0) is 56.5 Å². The van der Waals surface area contributed by atoms with Crippen LogP contribution in [0.5, 0.6) is 5.75 Å². The Balaban J connectivity index is 2.00. The van der Waals surface area contributed by atoms with Gasteiger partial charge in [0.25, 0.3) is 0 Å². The topological polar surface area (TPSA) is 37.0 Å². The van der Waals surface area contributed by atoms with Gasteiger partial charge in [-0.15, -0.1) is 0 Å². The first-order valence-electron chi connectivity index (χ1n) is 6.64. The fourth-order valence-electron chi connectivity index (χ4n) is 3.07. The number of ether oxygens (including phenoxy) is 1. The van der Waals surface area contributed by atoms with E-state index in [4.69, 9.17) is 4.74 Å². The van der Waals surface area contributed by atoms with Crippen LogP contribution in [0.4, 0.5) is 0 Å². The summed E-state index contributed by atoms with van der Waals surface area (Å²) in [4.78, 5) is 3.55. The first-order chi connectivity index (χ1) is 8.81. The molecule has 0 saturated carbocycles. The minimum absolute atomic E-state index is 0.767. The zero-order valence-electron chi connectivity index (χ0n) is 11.0.